The van der Waals surface area contributed by atoms with Crippen LogP contribution in [0.2, 0.25) is 0 Å². The van der Waals surface area contributed by atoms with Gasteiger partial charge >= 0.3 is 0 Å². The van der Waals surface area contributed by atoms with Crippen LogP contribution in [0.25, 0.3) is 11.5 Å². The van der Waals surface area contributed by atoms with Crippen molar-refractivity contribution in [3.63, 3.8) is 0 Å². The van der Waals surface area contributed by atoms with Crippen molar-refractivity contribution in [1.82, 2.24) is 29.7 Å². The number of pyridine rings is 1. The number of nitrogens with zero attached hydrogens (tertiary/aromatic N) is 7. The van der Waals surface area contributed by atoms with Gasteiger partial charge in [-0.3, -0.25) is 4.79 Å². The molecule has 1 amide bonds. The van der Waals surface area contributed by atoms with Gasteiger partial charge in [0.25, 0.3) is 5.91 Å². The Morgan fingerprint density at radius 2 is 1.80 bits per heavy atom. The fourth-order valence-electron chi connectivity index (χ4n) is 3.90. The fourth-order valence-corrected chi connectivity index (χ4v) is 4.72. The van der Waals surface area contributed by atoms with E-state index in [9.17, 15) is 4.79 Å². The van der Waals surface area contributed by atoms with Gasteiger partial charge in [0.05, 0.1) is 0 Å². The average molecular weight is 487 g/mol. The Balaban J connectivity index is 1.27. The molecule has 9 nitrogen and oxygen atoms in total. The first kappa shape index (κ1) is 23.0. The lowest BCUT2D eigenvalue weighted by Gasteiger charge is -2.14. The van der Waals surface area contributed by atoms with E-state index in [2.05, 4.69) is 49.2 Å². The lowest BCUT2D eigenvalue weighted by molar-refractivity contribution is 0.102. The highest BCUT2D eigenvalue weighted by molar-refractivity contribution is 7.99. The van der Waals surface area contributed by atoms with Crippen molar-refractivity contribution < 1.29 is 4.79 Å². The SMILES string of the molecule is CC(C)n1cnnc1-c1cccc(NC(=O)c2cccc(Sc3cnc(N4CCCC4)nc3)c2)n1. The maximum Gasteiger partial charge on any atom is 0.256 e. The predicted octanol–water partition coefficient (Wildman–Crippen LogP) is 4.71. The molecule has 4 aromatic rings. The van der Waals surface area contributed by atoms with E-state index in [-0.39, 0.29) is 11.9 Å². The molecule has 0 aliphatic carbocycles. The third-order valence-corrected chi connectivity index (χ3v) is 6.62. The molecule has 1 aliphatic rings. The maximum atomic E-state index is 13.0. The lowest BCUT2D eigenvalue weighted by atomic mass is 10.2. The van der Waals surface area contributed by atoms with E-state index in [1.54, 1.807) is 18.5 Å². The largest absolute Gasteiger partial charge is 0.341 e. The molecule has 3 aromatic heterocycles. The minimum absolute atomic E-state index is 0.196. The monoisotopic (exact) mass is 486 g/mol. The molecule has 1 N–H and O–H groups in total. The summed E-state index contributed by atoms with van der Waals surface area (Å²) in [5.74, 6) is 1.66. The van der Waals surface area contributed by atoms with Crippen molar-refractivity contribution in [1.29, 1.82) is 0 Å². The Hall–Kier alpha value is -3.79. The van der Waals surface area contributed by atoms with E-state index >= 15 is 0 Å². The van der Waals surface area contributed by atoms with E-state index in [1.807, 2.05) is 47.3 Å². The number of amides is 1. The van der Waals surface area contributed by atoms with Crippen LogP contribution >= 0.6 is 11.8 Å². The van der Waals surface area contributed by atoms with Crippen LogP contribution in [0, 0.1) is 0 Å². The smallest absolute Gasteiger partial charge is 0.256 e. The maximum absolute atomic E-state index is 13.0. The second-order valence-electron chi connectivity index (χ2n) is 8.56. The number of carbonyl (C=O) groups is 1. The zero-order valence-electron chi connectivity index (χ0n) is 19.6. The van der Waals surface area contributed by atoms with Crippen LogP contribution in [0.3, 0.4) is 0 Å². The molecule has 178 valence electrons. The molecule has 1 aliphatic heterocycles. The highest BCUT2D eigenvalue weighted by atomic mass is 32.2. The molecule has 1 aromatic carbocycles. The van der Waals surface area contributed by atoms with Crippen LogP contribution in [0.5, 0.6) is 0 Å². The third kappa shape index (κ3) is 5.32. The standard InChI is InChI=1S/C25H26N8OS/c1-17(2)33-16-28-31-23(33)21-9-6-10-22(29-21)30-24(34)18-7-5-8-19(13-18)35-20-14-26-25(27-15-20)32-11-3-4-12-32/h5-10,13-17H,3-4,11-12H2,1-2H3,(H,29,30,34). The summed E-state index contributed by atoms with van der Waals surface area (Å²) < 4.78 is 1.94. The van der Waals surface area contributed by atoms with Crippen molar-refractivity contribution >= 4 is 29.4 Å². The van der Waals surface area contributed by atoms with Gasteiger partial charge in [-0.15, -0.1) is 10.2 Å². The summed E-state index contributed by atoms with van der Waals surface area (Å²) >= 11 is 1.52. The van der Waals surface area contributed by atoms with Gasteiger partial charge in [-0.05, 0) is 57.0 Å². The van der Waals surface area contributed by atoms with Gasteiger partial charge in [0.1, 0.15) is 17.8 Å². The Bertz CT molecular complexity index is 1320. The van der Waals surface area contributed by atoms with Crippen LogP contribution in [-0.4, -0.2) is 48.7 Å². The Morgan fingerprint density at radius 1 is 1.03 bits per heavy atom. The van der Waals surface area contributed by atoms with Crippen molar-refractivity contribution in [3.8, 4) is 11.5 Å². The summed E-state index contributed by atoms with van der Waals surface area (Å²) in [5, 5.41) is 11.1. The van der Waals surface area contributed by atoms with E-state index in [4.69, 9.17) is 0 Å². The zero-order valence-corrected chi connectivity index (χ0v) is 20.4. The molecule has 10 heteroatoms. The molecule has 1 fully saturated rings. The first-order valence-corrected chi connectivity index (χ1v) is 12.4. The van der Waals surface area contributed by atoms with Crippen LogP contribution in [0.1, 0.15) is 43.1 Å². The summed E-state index contributed by atoms with van der Waals surface area (Å²) in [5.41, 5.74) is 1.19. The van der Waals surface area contributed by atoms with Crippen LogP contribution in [0.4, 0.5) is 11.8 Å². The molecule has 0 bridgehead atoms. The topological polar surface area (TPSA) is 102 Å². The van der Waals surface area contributed by atoms with Gasteiger partial charge in [-0.1, -0.05) is 23.9 Å². The second kappa shape index (κ2) is 10.2. The fraction of sp³-hybridized carbons (Fsp3) is 0.280. The van der Waals surface area contributed by atoms with Gasteiger partial charge in [0.15, 0.2) is 5.82 Å². The van der Waals surface area contributed by atoms with E-state index in [0.29, 0.717) is 22.9 Å². The van der Waals surface area contributed by atoms with Crippen molar-refractivity contribution in [2.24, 2.45) is 0 Å². The molecular weight excluding hydrogens is 460 g/mol. The Kier molecular flexibility index (Phi) is 6.71. The molecule has 0 radical (unpaired) electrons. The van der Waals surface area contributed by atoms with Crippen molar-refractivity contribution in [2.45, 2.75) is 42.5 Å². The molecular formula is C25H26N8OS. The van der Waals surface area contributed by atoms with E-state index < -0.39 is 0 Å². The van der Waals surface area contributed by atoms with Crippen molar-refractivity contribution in [2.75, 3.05) is 23.3 Å². The minimum atomic E-state index is -0.233. The number of nitrogens with one attached hydrogen (secondary N) is 1. The molecule has 0 atom stereocenters. The summed E-state index contributed by atoms with van der Waals surface area (Å²) in [6, 6.07) is 13.1. The van der Waals surface area contributed by atoms with E-state index in [0.717, 1.165) is 28.8 Å². The van der Waals surface area contributed by atoms with Gasteiger partial charge in [-0.25, -0.2) is 15.0 Å². The molecule has 35 heavy (non-hydrogen) atoms. The van der Waals surface area contributed by atoms with Gasteiger partial charge in [0, 0.05) is 46.9 Å². The molecule has 1 saturated heterocycles. The summed E-state index contributed by atoms with van der Waals surface area (Å²) in [6.45, 7) is 6.13. The molecule has 4 heterocycles. The molecule has 5 rings (SSSR count). The third-order valence-electron chi connectivity index (χ3n) is 5.68. The van der Waals surface area contributed by atoms with E-state index in [1.165, 1.54) is 24.6 Å². The lowest BCUT2D eigenvalue weighted by Crippen LogP contribution is -2.20. The van der Waals surface area contributed by atoms with Crippen molar-refractivity contribution in [3.05, 3.63) is 66.7 Å². The number of aromatic nitrogens is 6. The zero-order chi connectivity index (χ0) is 24.2. The number of carbonyl (C=O) groups excluding carboxylic acids is 1. The first-order valence-electron chi connectivity index (χ1n) is 11.6. The average Bonchev–Trinajstić information content (AvgIpc) is 3.58. The summed E-state index contributed by atoms with van der Waals surface area (Å²) in [7, 11) is 0. The highest BCUT2D eigenvalue weighted by Gasteiger charge is 2.15. The highest BCUT2D eigenvalue weighted by Crippen LogP contribution is 2.28. The number of anilines is 2. The van der Waals surface area contributed by atoms with Crippen LogP contribution in [0.15, 0.2) is 71.0 Å². The number of hydrogen-bond donors (Lipinski definition) is 1. The Labute approximate surface area is 208 Å². The second-order valence-corrected chi connectivity index (χ2v) is 9.71. The quantitative estimate of drug-likeness (QED) is 0.401. The van der Waals surface area contributed by atoms with Crippen LogP contribution < -0.4 is 10.2 Å². The summed E-state index contributed by atoms with van der Waals surface area (Å²) in [4.78, 5) is 30.6. The summed E-state index contributed by atoms with van der Waals surface area (Å²) in [6.07, 6.45) is 7.73. The first-order chi connectivity index (χ1) is 17.1. The number of benzene rings is 1. The minimum Gasteiger partial charge on any atom is -0.341 e. The van der Waals surface area contributed by atoms with Gasteiger partial charge in [0.2, 0.25) is 5.95 Å². The molecule has 0 saturated carbocycles. The number of rotatable bonds is 7. The van der Waals surface area contributed by atoms with Crippen LogP contribution in [-0.2, 0) is 0 Å². The Morgan fingerprint density at radius 3 is 2.57 bits per heavy atom. The predicted molar refractivity (Wildman–Crippen MR) is 136 cm³/mol. The van der Waals surface area contributed by atoms with Gasteiger partial charge in [-0.2, -0.15) is 0 Å². The number of hydrogen-bond acceptors (Lipinski definition) is 8. The molecule has 0 spiro atoms. The molecule has 0 unspecified atom stereocenters. The van der Waals surface area contributed by atoms with Gasteiger partial charge < -0.3 is 14.8 Å². The normalized spacial score (nSPS) is 13.4.